The molecule has 38 heavy (non-hydrogen) atoms. The lowest BCUT2D eigenvalue weighted by Gasteiger charge is -2.40. The van der Waals surface area contributed by atoms with Gasteiger partial charge in [0.15, 0.2) is 5.43 Å². The van der Waals surface area contributed by atoms with Crippen LogP contribution in [0.25, 0.3) is 22.3 Å². The fraction of sp³-hybridized carbons (Fsp3) is 0.320. The standard InChI is InChI=1S/C25H24O13/c1-34-13-6-16-21(14(27)8-15(36-16)11-2-4-12(26)5-3-11)17(7-13)37-25-24(33)23(32)22(31)18(38-25)10-35-20(30)9-19(28)29/h2-8,18,22-26,31-33H,9-10H2,1H3,(H,28,29)/t18-,22+,23+,24+,25-/m1/s1. The molecule has 5 atom stereocenters. The molecule has 202 valence electrons. The quantitative estimate of drug-likeness (QED) is 0.197. The lowest BCUT2D eigenvalue weighted by molar-refractivity contribution is -0.278. The van der Waals surface area contributed by atoms with E-state index in [2.05, 4.69) is 0 Å². The van der Waals surface area contributed by atoms with Gasteiger partial charge in [-0.25, -0.2) is 0 Å². The first-order chi connectivity index (χ1) is 18.1. The monoisotopic (exact) mass is 532 g/mol. The molecule has 0 spiro atoms. The molecule has 2 aromatic carbocycles. The van der Waals surface area contributed by atoms with E-state index in [0.29, 0.717) is 5.56 Å². The number of esters is 1. The number of hydrogen-bond donors (Lipinski definition) is 5. The number of aliphatic hydroxyl groups excluding tert-OH is 3. The van der Waals surface area contributed by atoms with E-state index >= 15 is 0 Å². The maximum atomic E-state index is 13.1. The maximum Gasteiger partial charge on any atom is 0.317 e. The number of carbonyl (C=O) groups is 2. The number of aliphatic hydroxyl groups is 3. The largest absolute Gasteiger partial charge is 0.508 e. The highest BCUT2D eigenvalue weighted by atomic mass is 16.7. The number of methoxy groups -OCH3 is 1. The minimum absolute atomic E-state index is 0.0301. The molecule has 1 saturated heterocycles. The lowest BCUT2D eigenvalue weighted by atomic mass is 9.99. The predicted octanol–water partition coefficient (Wildman–Crippen LogP) is 0.379. The summed E-state index contributed by atoms with van der Waals surface area (Å²) in [6, 6.07) is 9.94. The van der Waals surface area contributed by atoms with Crippen LogP contribution in [0.2, 0.25) is 0 Å². The van der Waals surface area contributed by atoms with E-state index in [1.165, 1.54) is 37.4 Å². The van der Waals surface area contributed by atoms with E-state index in [1.54, 1.807) is 12.1 Å². The Morgan fingerprint density at radius 1 is 1.00 bits per heavy atom. The Bertz CT molecular complexity index is 1380. The van der Waals surface area contributed by atoms with E-state index in [9.17, 15) is 34.8 Å². The van der Waals surface area contributed by atoms with Crippen LogP contribution in [-0.2, 0) is 19.1 Å². The van der Waals surface area contributed by atoms with Gasteiger partial charge in [-0.05, 0) is 24.3 Å². The molecule has 0 unspecified atom stereocenters. The second-order valence-corrected chi connectivity index (χ2v) is 8.41. The van der Waals surface area contributed by atoms with Gasteiger partial charge in [0, 0.05) is 23.8 Å². The van der Waals surface area contributed by atoms with Crippen molar-refractivity contribution in [3.63, 3.8) is 0 Å². The van der Waals surface area contributed by atoms with E-state index in [-0.39, 0.29) is 34.0 Å². The minimum Gasteiger partial charge on any atom is -0.508 e. The van der Waals surface area contributed by atoms with Crippen LogP contribution >= 0.6 is 0 Å². The van der Waals surface area contributed by atoms with Crippen molar-refractivity contribution in [1.82, 2.24) is 0 Å². The Morgan fingerprint density at radius 2 is 1.71 bits per heavy atom. The number of hydrogen-bond acceptors (Lipinski definition) is 12. The van der Waals surface area contributed by atoms with E-state index in [1.807, 2.05) is 0 Å². The molecular formula is C25H24O13. The van der Waals surface area contributed by atoms with Crippen LogP contribution < -0.4 is 14.9 Å². The van der Waals surface area contributed by atoms with Crippen LogP contribution in [0, 0.1) is 0 Å². The number of rotatable bonds is 8. The molecule has 1 aromatic heterocycles. The smallest absolute Gasteiger partial charge is 0.317 e. The Labute approximate surface area is 214 Å². The third kappa shape index (κ3) is 5.70. The summed E-state index contributed by atoms with van der Waals surface area (Å²) in [4.78, 5) is 35.3. The fourth-order valence-electron chi connectivity index (χ4n) is 3.83. The van der Waals surface area contributed by atoms with Crippen molar-refractivity contribution in [2.75, 3.05) is 13.7 Å². The summed E-state index contributed by atoms with van der Waals surface area (Å²) in [5, 5.41) is 49.2. The second kappa shape index (κ2) is 11.1. The van der Waals surface area contributed by atoms with Crippen molar-refractivity contribution in [3.8, 4) is 28.6 Å². The summed E-state index contributed by atoms with van der Waals surface area (Å²) in [6.07, 6.45) is -9.27. The normalized spacial score (nSPS) is 23.1. The number of carbonyl (C=O) groups excluding carboxylic acids is 1. The van der Waals surface area contributed by atoms with Gasteiger partial charge >= 0.3 is 11.9 Å². The summed E-state index contributed by atoms with van der Waals surface area (Å²) >= 11 is 0. The topological polar surface area (TPSA) is 202 Å². The molecule has 13 nitrogen and oxygen atoms in total. The first kappa shape index (κ1) is 26.9. The summed E-state index contributed by atoms with van der Waals surface area (Å²) in [5.41, 5.74) is 0.0347. The van der Waals surface area contributed by atoms with Crippen LogP contribution in [0.3, 0.4) is 0 Å². The molecule has 2 heterocycles. The number of benzene rings is 2. The zero-order valence-electron chi connectivity index (χ0n) is 19.8. The van der Waals surface area contributed by atoms with Gasteiger partial charge in [0.1, 0.15) is 71.4 Å². The van der Waals surface area contributed by atoms with Gasteiger partial charge in [0.25, 0.3) is 0 Å². The lowest BCUT2D eigenvalue weighted by Crippen LogP contribution is -2.60. The Hall–Kier alpha value is -4.17. The Morgan fingerprint density at radius 3 is 2.37 bits per heavy atom. The predicted molar refractivity (Wildman–Crippen MR) is 127 cm³/mol. The van der Waals surface area contributed by atoms with Gasteiger partial charge in [0.05, 0.1) is 7.11 Å². The molecule has 1 fully saturated rings. The van der Waals surface area contributed by atoms with Crippen molar-refractivity contribution in [2.24, 2.45) is 0 Å². The number of aliphatic carboxylic acids is 1. The SMILES string of the molecule is COc1cc(O[C@@H]2O[C@H](COC(=O)CC(=O)O)[C@H](O)[C@H](O)[C@@H]2O)c2c(=O)cc(-c3ccc(O)cc3)oc2c1. The molecule has 1 aliphatic rings. The average molecular weight is 532 g/mol. The number of ether oxygens (including phenoxy) is 4. The summed E-state index contributed by atoms with van der Waals surface area (Å²) < 4.78 is 27.2. The first-order valence-corrected chi connectivity index (χ1v) is 11.3. The molecule has 0 amide bonds. The maximum absolute atomic E-state index is 13.1. The zero-order valence-corrected chi connectivity index (χ0v) is 19.8. The summed E-state index contributed by atoms with van der Waals surface area (Å²) in [6.45, 7) is -0.645. The molecule has 3 aromatic rings. The third-order valence-corrected chi connectivity index (χ3v) is 5.77. The van der Waals surface area contributed by atoms with Crippen LogP contribution in [0.5, 0.6) is 17.2 Å². The van der Waals surface area contributed by atoms with E-state index < -0.39 is 61.1 Å². The van der Waals surface area contributed by atoms with Crippen molar-refractivity contribution in [1.29, 1.82) is 0 Å². The van der Waals surface area contributed by atoms with Crippen LogP contribution in [0.15, 0.2) is 51.7 Å². The van der Waals surface area contributed by atoms with Crippen LogP contribution in [0.1, 0.15) is 6.42 Å². The second-order valence-electron chi connectivity index (χ2n) is 8.41. The number of fused-ring (bicyclic) bond motifs is 1. The zero-order chi connectivity index (χ0) is 27.6. The Kier molecular flexibility index (Phi) is 7.83. The third-order valence-electron chi connectivity index (χ3n) is 5.77. The number of carboxylic acid groups (broad SMARTS) is 1. The Balaban J connectivity index is 1.65. The van der Waals surface area contributed by atoms with Gasteiger partial charge in [-0.2, -0.15) is 0 Å². The number of phenols is 1. The average Bonchev–Trinajstić information content (AvgIpc) is 2.87. The van der Waals surface area contributed by atoms with E-state index in [4.69, 9.17) is 28.5 Å². The van der Waals surface area contributed by atoms with Crippen LogP contribution in [-0.4, -0.2) is 81.9 Å². The van der Waals surface area contributed by atoms with Crippen molar-refractivity contribution in [2.45, 2.75) is 37.1 Å². The van der Waals surface area contributed by atoms with E-state index in [0.717, 1.165) is 0 Å². The van der Waals surface area contributed by atoms with Gasteiger partial charge in [0.2, 0.25) is 6.29 Å². The molecule has 0 bridgehead atoms. The van der Waals surface area contributed by atoms with Gasteiger partial charge < -0.3 is 48.9 Å². The molecule has 0 aliphatic carbocycles. The summed E-state index contributed by atoms with van der Waals surface area (Å²) in [5.74, 6) is -2.23. The fourth-order valence-corrected chi connectivity index (χ4v) is 3.83. The van der Waals surface area contributed by atoms with Gasteiger partial charge in [-0.15, -0.1) is 0 Å². The van der Waals surface area contributed by atoms with Crippen molar-refractivity contribution >= 4 is 22.9 Å². The number of carboxylic acids is 1. The molecule has 5 N–H and O–H groups in total. The highest BCUT2D eigenvalue weighted by Gasteiger charge is 2.45. The van der Waals surface area contributed by atoms with Crippen molar-refractivity contribution in [3.05, 3.63) is 52.7 Å². The highest BCUT2D eigenvalue weighted by Crippen LogP contribution is 2.34. The molecule has 0 radical (unpaired) electrons. The van der Waals surface area contributed by atoms with Crippen LogP contribution in [0.4, 0.5) is 0 Å². The molecular weight excluding hydrogens is 508 g/mol. The number of phenolic OH excluding ortho intramolecular Hbond substituents is 1. The highest BCUT2D eigenvalue weighted by molar-refractivity contribution is 5.90. The van der Waals surface area contributed by atoms with Gasteiger partial charge in [-0.3, -0.25) is 14.4 Å². The molecule has 4 rings (SSSR count). The number of aromatic hydroxyl groups is 1. The van der Waals surface area contributed by atoms with Gasteiger partial charge in [-0.1, -0.05) is 0 Å². The first-order valence-electron chi connectivity index (χ1n) is 11.3. The summed E-state index contributed by atoms with van der Waals surface area (Å²) in [7, 11) is 1.36. The minimum atomic E-state index is -1.80. The molecule has 13 heteroatoms. The molecule has 1 aliphatic heterocycles. The van der Waals surface area contributed by atoms with Crippen molar-refractivity contribution < 1.29 is 58.5 Å². The molecule has 0 saturated carbocycles.